The number of pyridine rings is 1. The largest absolute Gasteiger partial charge is 0.497 e. The molecule has 0 radical (unpaired) electrons. The van der Waals surface area contributed by atoms with Crippen LogP contribution in [-0.4, -0.2) is 43.7 Å². The van der Waals surface area contributed by atoms with Crippen LogP contribution in [0.4, 0.5) is 0 Å². The van der Waals surface area contributed by atoms with Gasteiger partial charge in [-0.25, -0.2) is 4.68 Å². The van der Waals surface area contributed by atoms with E-state index in [0.29, 0.717) is 12.1 Å². The van der Waals surface area contributed by atoms with Crippen LogP contribution in [0.5, 0.6) is 5.75 Å². The second-order valence-corrected chi connectivity index (χ2v) is 10.6. The number of aromatic nitrogens is 5. The summed E-state index contributed by atoms with van der Waals surface area (Å²) in [5.74, 6) is 1.78. The third-order valence-electron chi connectivity index (χ3n) is 6.45. The number of H-pyrrole nitrogens is 1. The van der Waals surface area contributed by atoms with Crippen LogP contribution in [0.1, 0.15) is 57.6 Å². The Hall–Kier alpha value is -3.52. The van der Waals surface area contributed by atoms with Gasteiger partial charge in [-0.05, 0) is 73.4 Å². The van der Waals surface area contributed by atoms with Crippen LogP contribution in [0.3, 0.4) is 0 Å². The van der Waals surface area contributed by atoms with E-state index in [2.05, 4.69) is 84.3 Å². The monoisotopic (exact) mass is 488 g/mol. The summed E-state index contributed by atoms with van der Waals surface area (Å²) in [6, 6.07) is 18.0. The molecule has 4 aromatic rings. The molecule has 36 heavy (non-hydrogen) atoms. The molecule has 2 aromatic carbocycles. The topological polar surface area (TPSA) is 88.9 Å². The summed E-state index contributed by atoms with van der Waals surface area (Å²) in [7, 11) is 1.64. The predicted molar refractivity (Wildman–Crippen MR) is 142 cm³/mol. The summed E-state index contributed by atoms with van der Waals surface area (Å²) >= 11 is 0. The van der Waals surface area contributed by atoms with Crippen LogP contribution in [0.2, 0.25) is 0 Å². The lowest BCUT2D eigenvalue weighted by Crippen LogP contribution is -2.39. The fraction of sp³-hybridized carbons (Fsp3) is 0.429. The van der Waals surface area contributed by atoms with Crippen molar-refractivity contribution in [3.05, 3.63) is 81.9 Å². The number of aromatic amines is 1. The standard InChI is InChI=1S/C28H36N6O2/c1-19(2)25(26-30-31-32-34(26)28(3,4)5)33(15-14-20-10-8-7-9-11-20)18-22-16-21-17-23(36-6)12-13-24(21)29-27(22)35/h7-13,16-17,19,25H,14-15,18H2,1-6H3,(H,29,35)/t25-/m0/s1. The first-order valence-corrected chi connectivity index (χ1v) is 12.4. The Morgan fingerprint density at radius 2 is 1.83 bits per heavy atom. The highest BCUT2D eigenvalue weighted by atomic mass is 16.5. The number of hydrogen-bond donors (Lipinski definition) is 1. The summed E-state index contributed by atoms with van der Waals surface area (Å²) in [5.41, 5.74) is 2.38. The van der Waals surface area contributed by atoms with Gasteiger partial charge in [0.15, 0.2) is 5.82 Å². The van der Waals surface area contributed by atoms with Crippen LogP contribution < -0.4 is 10.3 Å². The molecular formula is C28H36N6O2. The van der Waals surface area contributed by atoms with E-state index in [0.717, 1.165) is 35.4 Å². The highest BCUT2D eigenvalue weighted by Gasteiger charge is 2.32. The maximum atomic E-state index is 13.1. The maximum Gasteiger partial charge on any atom is 0.252 e. The van der Waals surface area contributed by atoms with E-state index >= 15 is 0 Å². The number of fused-ring (bicyclic) bond motifs is 1. The van der Waals surface area contributed by atoms with Crippen molar-refractivity contribution in [3.8, 4) is 5.75 Å². The van der Waals surface area contributed by atoms with Crippen molar-refractivity contribution in [2.75, 3.05) is 13.7 Å². The van der Waals surface area contributed by atoms with Crippen molar-refractivity contribution in [2.24, 2.45) is 5.92 Å². The zero-order valence-corrected chi connectivity index (χ0v) is 22.0. The van der Waals surface area contributed by atoms with E-state index in [-0.39, 0.29) is 23.1 Å². The number of benzene rings is 2. The normalized spacial score (nSPS) is 13.0. The molecule has 8 nitrogen and oxygen atoms in total. The second-order valence-electron chi connectivity index (χ2n) is 10.6. The fourth-order valence-electron chi connectivity index (χ4n) is 4.67. The third-order valence-corrected chi connectivity index (χ3v) is 6.45. The van der Waals surface area contributed by atoms with Gasteiger partial charge in [0.25, 0.3) is 5.56 Å². The fourth-order valence-corrected chi connectivity index (χ4v) is 4.67. The van der Waals surface area contributed by atoms with Crippen LogP contribution >= 0.6 is 0 Å². The molecule has 0 aliphatic carbocycles. The Balaban J connectivity index is 1.76. The van der Waals surface area contributed by atoms with E-state index in [1.807, 2.05) is 35.0 Å². The van der Waals surface area contributed by atoms with Gasteiger partial charge in [-0.2, -0.15) is 0 Å². The summed E-state index contributed by atoms with van der Waals surface area (Å²) in [6.07, 6.45) is 0.848. The molecule has 0 saturated carbocycles. The van der Waals surface area contributed by atoms with Crippen molar-refractivity contribution in [1.82, 2.24) is 30.1 Å². The summed E-state index contributed by atoms with van der Waals surface area (Å²) in [4.78, 5) is 18.5. The van der Waals surface area contributed by atoms with Crippen LogP contribution in [0.25, 0.3) is 10.9 Å². The van der Waals surface area contributed by atoms with Crippen molar-refractivity contribution in [2.45, 2.75) is 59.2 Å². The van der Waals surface area contributed by atoms with Gasteiger partial charge in [0.2, 0.25) is 0 Å². The number of tetrazole rings is 1. The minimum absolute atomic E-state index is 0.0802. The quantitative estimate of drug-likeness (QED) is 0.367. The molecule has 0 bridgehead atoms. The van der Waals surface area contributed by atoms with E-state index < -0.39 is 0 Å². The highest BCUT2D eigenvalue weighted by molar-refractivity contribution is 5.80. The smallest absolute Gasteiger partial charge is 0.252 e. The number of nitrogens with zero attached hydrogens (tertiary/aromatic N) is 5. The predicted octanol–water partition coefficient (Wildman–Crippen LogP) is 4.72. The van der Waals surface area contributed by atoms with Gasteiger partial charge in [-0.1, -0.05) is 44.2 Å². The van der Waals surface area contributed by atoms with Crippen LogP contribution in [0, 0.1) is 5.92 Å². The average molecular weight is 489 g/mol. The van der Waals surface area contributed by atoms with E-state index in [1.165, 1.54) is 5.56 Å². The lowest BCUT2D eigenvalue weighted by atomic mass is 9.98. The summed E-state index contributed by atoms with van der Waals surface area (Å²) < 4.78 is 7.30. The third kappa shape index (κ3) is 5.65. The van der Waals surface area contributed by atoms with Crippen LogP contribution in [0.15, 0.2) is 59.4 Å². The van der Waals surface area contributed by atoms with Gasteiger partial charge in [-0.3, -0.25) is 9.69 Å². The minimum Gasteiger partial charge on any atom is -0.497 e. The molecule has 2 aromatic heterocycles. The van der Waals surface area contributed by atoms with E-state index in [1.54, 1.807) is 7.11 Å². The first-order chi connectivity index (χ1) is 17.2. The molecule has 0 fully saturated rings. The summed E-state index contributed by atoms with van der Waals surface area (Å²) in [6.45, 7) is 11.9. The zero-order valence-electron chi connectivity index (χ0n) is 22.0. The second kappa shape index (κ2) is 10.6. The molecule has 0 amide bonds. The van der Waals surface area contributed by atoms with Gasteiger partial charge < -0.3 is 9.72 Å². The first-order valence-electron chi connectivity index (χ1n) is 12.4. The molecule has 0 aliphatic heterocycles. The number of nitrogens with one attached hydrogen (secondary N) is 1. The SMILES string of the molecule is COc1ccc2[nH]c(=O)c(CN(CCc3ccccc3)[C@H](c3nnnn3C(C)(C)C)C(C)C)cc2c1. The molecular weight excluding hydrogens is 452 g/mol. The molecule has 190 valence electrons. The average Bonchev–Trinajstić information content (AvgIpc) is 3.33. The first kappa shape index (κ1) is 25.6. The van der Waals surface area contributed by atoms with Crippen molar-refractivity contribution < 1.29 is 4.74 Å². The van der Waals surface area contributed by atoms with Crippen molar-refractivity contribution in [1.29, 1.82) is 0 Å². The molecule has 1 N–H and O–H groups in total. The van der Waals surface area contributed by atoms with E-state index in [4.69, 9.17) is 4.74 Å². The molecule has 8 heteroatoms. The highest BCUT2D eigenvalue weighted by Crippen LogP contribution is 2.31. The lowest BCUT2D eigenvalue weighted by Gasteiger charge is -2.35. The Morgan fingerprint density at radius 3 is 2.50 bits per heavy atom. The van der Waals surface area contributed by atoms with Crippen molar-refractivity contribution >= 4 is 10.9 Å². The van der Waals surface area contributed by atoms with Gasteiger partial charge >= 0.3 is 0 Å². The lowest BCUT2D eigenvalue weighted by molar-refractivity contribution is 0.129. The number of hydrogen-bond acceptors (Lipinski definition) is 6. The van der Waals surface area contributed by atoms with Gasteiger partial charge in [-0.15, -0.1) is 5.10 Å². The van der Waals surface area contributed by atoms with Gasteiger partial charge in [0.1, 0.15) is 5.75 Å². The van der Waals surface area contributed by atoms with E-state index in [9.17, 15) is 4.79 Å². The number of rotatable bonds is 9. The molecule has 0 unspecified atom stereocenters. The Labute approximate surface area is 212 Å². The molecule has 1 atom stereocenters. The molecule has 2 heterocycles. The van der Waals surface area contributed by atoms with Gasteiger partial charge in [0.05, 0.1) is 18.7 Å². The maximum absolute atomic E-state index is 13.1. The number of methoxy groups -OCH3 is 1. The Morgan fingerprint density at radius 1 is 1.08 bits per heavy atom. The summed E-state index contributed by atoms with van der Waals surface area (Å²) in [5, 5.41) is 13.8. The Kier molecular flexibility index (Phi) is 7.54. The number of ether oxygens (including phenoxy) is 1. The Bertz CT molecular complexity index is 1350. The zero-order chi connectivity index (χ0) is 25.9. The van der Waals surface area contributed by atoms with Crippen molar-refractivity contribution in [3.63, 3.8) is 0 Å². The molecule has 4 rings (SSSR count). The molecule has 0 saturated heterocycles. The minimum atomic E-state index is -0.270. The van der Waals surface area contributed by atoms with Gasteiger partial charge in [0, 0.05) is 29.6 Å². The molecule has 0 aliphatic rings. The van der Waals surface area contributed by atoms with Crippen LogP contribution in [-0.2, 0) is 18.5 Å². The molecule has 0 spiro atoms.